The molecule has 0 bridgehead atoms. The number of aryl methyl sites for hydroxylation is 1. The van der Waals surface area contributed by atoms with Gasteiger partial charge < -0.3 is 10.6 Å². The molecule has 4 nitrogen and oxygen atoms in total. The van der Waals surface area contributed by atoms with E-state index < -0.39 is 0 Å². The summed E-state index contributed by atoms with van der Waals surface area (Å²) in [6.07, 6.45) is 8.29. The minimum atomic E-state index is 0.448. The Labute approximate surface area is 126 Å². The topological polar surface area (TPSA) is 49.3 Å². The number of hydrogen-bond donors (Lipinski definition) is 2. The summed E-state index contributed by atoms with van der Waals surface area (Å²) in [5.74, 6) is 0.909. The van der Waals surface area contributed by atoms with Gasteiger partial charge in [-0.3, -0.25) is 4.99 Å². The molecule has 0 unspecified atom stereocenters. The lowest BCUT2D eigenvalue weighted by molar-refractivity contribution is 0.334. The van der Waals surface area contributed by atoms with Crippen molar-refractivity contribution < 1.29 is 0 Å². The summed E-state index contributed by atoms with van der Waals surface area (Å²) in [4.78, 5) is 9.95. The van der Waals surface area contributed by atoms with Gasteiger partial charge in [0, 0.05) is 37.6 Å². The van der Waals surface area contributed by atoms with E-state index in [0.29, 0.717) is 5.41 Å². The Hall–Kier alpha value is -1.10. The fourth-order valence-electron chi connectivity index (χ4n) is 2.73. The van der Waals surface area contributed by atoms with Crippen molar-refractivity contribution in [1.29, 1.82) is 0 Å². The molecule has 0 saturated heterocycles. The zero-order valence-corrected chi connectivity index (χ0v) is 13.6. The highest BCUT2D eigenvalue weighted by atomic mass is 32.1. The number of hydrogen-bond acceptors (Lipinski definition) is 3. The Morgan fingerprint density at radius 1 is 1.40 bits per heavy atom. The lowest BCUT2D eigenvalue weighted by Gasteiger charge is -2.25. The highest BCUT2D eigenvalue weighted by molar-refractivity contribution is 7.11. The van der Waals surface area contributed by atoms with E-state index in [-0.39, 0.29) is 0 Å². The van der Waals surface area contributed by atoms with Crippen LogP contribution in [0.1, 0.15) is 42.5 Å². The summed E-state index contributed by atoms with van der Waals surface area (Å²) in [5.41, 5.74) is 0.448. The molecule has 0 atom stereocenters. The van der Waals surface area contributed by atoms with Gasteiger partial charge in [0.25, 0.3) is 0 Å². The lowest BCUT2D eigenvalue weighted by Crippen LogP contribution is -2.42. The molecule has 0 aliphatic heterocycles. The van der Waals surface area contributed by atoms with Crippen molar-refractivity contribution in [3.63, 3.8) is 0 Å². The number of rotatable bonds is 5. The third-order valence-corrected chi connectivity index (χ3v) is 4.99. The van der Waals surface area contributed by atoms with E-state index in [1.807, 2.05) is 13.2 Å². The third kappa shape index (κ3) is 4.47. The Kier molecular flexibility index (Phi) is 5.40. The van der Waals surface area contributed by atoms with Gasteiger partial charge in [0.1, 0.15) is 0 Å². The van der Waals surface area contributed by atoms with Crippen LogP contribution in [0.2, 0.25) is 0 Å². The van der Waals surface area contributed by atoms with E-state index in [1.54, 1.807) is 11.3 Å². The summed E-state index contributed by atoms with van der Waals surface area (Å²) < 4.78 is 0. The molecule has 0 amide bonds. The Morgan fingerprint density at radius 3 is 2.75 bits per heavy atom. The molecule has 1 saturated carbocycles. The number of thiazole rings is 1. The minimum absolute atomic E-state index is 0.448. The van der Waals surface area contributed by atoms with Gasteiger partial charge in [-0.15, -0.1) is 11.3 Å². The van der Waals surface area contributed by atoms with Crippen molar-refractivity contribution in [3.8, 4) is 0 Å². The zero-order valence-electron chi connectivity index (χ0n) is 12.8. The molecule has 1 aliphatic rings. The molecule has 5 heteroatoms. The molecule has 112 valence electrons. The number of nitrogens with one attached hydrogen (secondary N) is 2. The average Bonchev–Trinajstić information content (AvgIpc) is 3.03. The van der Waals surface area contributed by atoms with Gasteiger partial charge in [0.2, 0.25) is 0 Å². The summed E-state index contributed by atoms with van der Waals surface area (Å²) >= 11 is 1.77. The van der Waals surface area contributed by atoms with Gasteiger partial charge >= 0.3 is 0 Å². The quantitative estimate of drug-likeness (QED) is 0.648. The van der Waals surface area contributed by atoms with Gasteiger partial charge in [0.15, 0.2) is 5.96 Å². The first kappa shape index (κ1) is 15.3. The van der Waals surface area contributed by atoms with Crippen LogP contribution in [-0.4, -0.2) is 31.1 Å². The van der Waals surface area contributed by atoms with Crippen LogP contribution in [-0.2, 0) is 6.42 Å². The van der Waals surface area contributed by atoms with Crippen molar-refractivity contribution in [2.75, 3.05) is 20.1 Å². The monoisotopic (exact) mass is 294 g/mol. The van der Waals surface area contributed by atoms with E-state index in [2.05, 4.69) is 34.5 Å². The van der Waals surface area contributed by atoms with E-state index >= 15 is 0 Å². The van der Waals surface area contributed by atoms with E-state index in [4.69, 9.17) is 0 Å². The van der Waals surface area contributed by atoms with Crippen molar-refractivity contribution >= 4 is 17.3 Å². The molecule has 1 aliphatic carbocycles. The average molecular weight is 294 g/mol. The van der Waals surface area contributed by atoms with Crippen LogP contribution in [0.5, 0.6) is 0 Å². The van der Waals surface area contributed by atoms with Crippen LogP contribution in [0.3, 0.4) is 0 Å². The Morgan fingerprint density at radius 2 is 2.15 bits per heavy atom. The largest absolute Gasteiger partial charge is 0.356 e. The number of guanidine groups is 1. The van der Waals surface area contributed by atoms with Gasteiger partial charge in [-0.1, -0.05) is 19.8 Å². The second-order valence-electron chi connectivity index (χ2n) is 5.98. The molecule has 0 spiro atoms. The highest BCUT2D eigenvalue weighted by Gasteiger charge is 2.28. The first-order valence-electron chi connectivity index (χ1n) is 7.47. The fraction of sp³-hybridized carbons (Fsp3) is 0.733. The molecule has 2 rings (SSSR count). The molecular formula is C15H26N4S. The second-order valence-corrected chi connectivity index (χ2v) is 7.30. The maximum Gasteiger partial charge on any atom is 0.191 e. The second kappa shape index (κ2) is 7.07. The zero-order chi connectivity index (χ0) is 14.4. The van der Waals surface area contributed by atoms with Crippen LogP contribution < -0.4 is 10.6 Å². The molecule has 1 fully saturated rings. The molecule has 2 N–H and O–H groups in total. The van der Waals surface area contributed by atoms with Crippen molar-refractivity contribution in [2.24, 2.45) is 10.4 Å². The normalized spacial score (nSPS) is 18.2. The molecule has 0 radical (unpaired) electrons. The molecule has 1 heterocycles. The van der Waals surface area contributed by atoms with Crippen molar-refractivity contribution in [3.05, 3.63) is 16.1 Å². The van der Waals surface area contributed by atoms with E-state index in [1.165, 1.54) is 35.6 Å². The first-order valence-corrected chi connectivity index (χ1v) is 8.29. The molecule has 0 aromatic carbocycles. The maximum atomic E-state index is 4.38. The van der Waals surface area contributed by atoms with Crippen LogP contribution in [0.25, 0.3) is 0 Å². The van der Waals surface area contributed by atoms with Gasteiger partial charge in [-0.05, 0) is 25.2 Å². The van der Waals surface area contributed by atoms with Gasteiger partial charge in [-0.25, -0.2) is 4.98 Å². The predicted octanol–water partition coefficient (Wildman–Crippen LogP) is 2.74. The van der Waals surface area contributed by atoms with Crippen LogP contribution >= 0.6 is 11.3 Å². The number of aliphatic imine (C=N–C) groups is 1. The van der Waals surface area contributed by atoms with Crippen molar-refractivity contribution in [1.82, 2.24) is 15.6 Å². The third-order valence-electron chi connectivity index (χ3n) is 4.02. The predicted molar refractivity (Wildman–Crippen MR) is 86.5 cm³/mol. The van der Waals surface area contributed by atoms with Crippen molar-refractivity contribution in [2.45, 2.75) is 46.0 Å². The summed E-state index contributed by atoms with van der Waals surface area (Å²) in [6, 6.07) is 0. The molecule has 1 aromatic heterocycles. The number of nitrogens with zero attached hydrogens (tertiary/aromatic N) is 2. The summed E-state index contributed by atoms with van der Waals surface area (Å²) in [7, 11) is 1.83. The van der Waals surface area contributed by atoms with E-state index in [0.717, 1.165) is 25.5 Å². The Bertz CT molecular complexity index is 446. The fourth-order valence-corrected chi connectivity index (χ4v) is 3.51. The Balaban J connectivity index is 1.70. The molecular weight excluding hydrogens is 268 g/mol. The minimum Gasteiger partial charge on any atom is -0.356 e. The summed E-state index contributed by atoms with van der Waals surface area (Å²) in [6.45, 7) is 6.36. The molecule has 1 aromatic rings. The summed E-state index contributed by atoms with van der Waals surface area (Å²) in [5, 5.41) is 8.03. The van der Waals surface area contributed by atoms with E-state index in [9.17, 15) is 0 Å². The maximum absolute atomic E-state index is 4.38. The van der Waals surface area contributed by atoms with Crippen LogP contribution in [0, 0.1) is 12.3 Å². The van der Waals surface area contributed by atoms with Gasteiger partial charge in [0.05, 0.1) is 5.01 Å². The SMILES string of the molecule is CN=C(NCCc1ncc(C)s1)NCC1(C)CCCC1. The standard InChI is InChI=1S/C15H26N4S/c1-12-10-18-13(20-12)6-9-17-14(16-3)19-11-15(2)7-4-5-8-15/h10H,4-9,11H2,1-3H3,(H2,16,17,19). The first-order chi connectivity index (χ1) is 9.61. The van der Waals surface area contributed by atoms with Crippen LogP contribution in [0.4, 0.5) is 0 Å². The van der Waals surface area contributed by atoms with Crippen LogP contribution in [0.15, 0.2) is 11.2 Å². The lowest BCUT2D eigenvalue weighted by atomic mass is 9.89. The smallest absolute Gasteiger partial charge is 0.191 e. The number of aromatic nitrogens is 1. The van der Waals surface area contributed by atoms with Gasteiger partial charge in [-0.2, -0.15) is 0 Å². The highest BCUT2D eigenvalue weighted by Crippen LogP contribution is 2.36. The molecule has 20 heavy (non-hydrogen) atoms.